The maximum atomic E-state index is 11.8. The van der Waals surface area contributed by atoms with E-state index in [1.807, 2.05) is 13.8 Å². The normalized spacial score (nSPS) is 17.1. The Labute approximate surface area is 108 Å². The Morgan fingerprint density at radius 2 is 2.00 bits per heavy atom. The molecule has 0 spiro atoms. The van der Waals surface area contributed by atoms with Crippen molar-refractivity contribution in [3.8, 4) is 0 Å². The maximum absolute atomic E-state index is 11.8. The third-order valence-corrected chi connectivity index (χ3v) is 3.20. The highest BCUT2D eigenvalue weighted by atomic mass is 16.4. The van der Waals surface area contributed by atoms with Crippen molar-refractivity contribution < 1.29 is 14.7 Å². The molecule has 1 saturated carbocycles. The number of carboxylic acid groups (broad SMARTS) is 1. The first-order chi connectivity index (χ1) is 8.34. The predicted molar refractivity (Wildman–Crippen MR) is 69.4 cm³/mol. The lowest BCUT2D eigenvalue weighted by molar-refractivity contribution is -0.139. The minimum absolute atomic E-state index is 0.304. The minimum atomic E-state index is -0.953. The summed E-state index contributed by atoms with van der Waals surface area (Å²) in [6.07, 6.45) is 4.53. The first-order valence-corrected chi connectivity index (χ1v) is 6.65. The molecule has 1 aliphatic rings. The van der Waals surface area contributed by atoms with Crippen molar-refractivity contribution in [3.05, 3.63) is 0 Å². The first-order valence-electron chi connectivity index (χ1n) is 6.65. The SMILES string of the molecule is CCCC(C)(C)NC(=O)NC(CC1CC1)C(=O)O. The van der Waals surface area contributed by atoms with Crippen LogP contribution in [0.3, 0.4) is 0 Å². The number of hydrogen-bond donors (Lipinski definition) is 3. The fourth-order valence-electron chi connectivity index (χ4n) is 2.10. The lowest BCUT2D eigenvalue weighted by atomic mass is 9.99. The molecule has 0 aromatic heterocycles. The van der Waals surface area contributed by atoms with E-state index >= 15 is 0 Å². The summed E-state index contributed by atoms with van der Waals surface area (Å²) in [5.41, 5.74) is -0.304. The Morgan fingerprint density at radius 1 is 1.39 bits per heavy atom. The van der Waals surface area contributed by atoms with Crippen LogP contribution < -0.4 is 10.6 Å². The molecule has 3 N–H and O–H groups in total. The predicted octanol–water partition coefficient (Wildman–Crippen LogP) is 2.12. The van der Waals surface area contributed by atoms with Gasteiger partial charge in [0.25, 0.3) is 0 Å². The van der Waals surface area contributed by atoms with E-state index in [4.69, 9.17) is 5.11 Å². The molecule has 0 aliphatic heterocycles. The van der Waals surface area contributed by atoms with Gasteiger partial charge in [0.05, 0.1) is 0 Å². The summed E-state index contributed by atoms with van der Waals surface area (Å²) in [5, 5.41) is 14.4. The van der Waals surface area contributed by atoms with Crippen LogP contribution in [0.1, 0.15) is 52.9 Å². The van der Waals surface area contributed by atoms with E-state index in [1.54, 1.807) is 0 Å². The van der Waals surface area contributed by atoms with Gasteiger partial charge >= 0.3 is 12.0 Å². The molecule has 0 bridgehead atoms. The molecule has 0 aromatic rings. The van der Waals surface area contributed by atoms with Crippen LogP contribution in [0.5, 0.6) is 0 Å². The minimum Gasteiger partial charge on any atom is -0.480 e. The third-order valence-electron chi connectivity index (χ3n) is 3.20. The summed E-state index contributed by atoms with van der Waals surface area (Å²) in [6, 6.07) is -1.16. The molecule has 5 nitrogen and oxygen atoms in total. The number of aliphatic carboxylic acids is 1. The zero-order valence-electron chi connectivity index (χ0n) is 11.5. The van der Waals surface area contributed by atoms with Crippen LogP contribution in [0.4, 0.5) is 4.79 Å². The van der Waals surface area contributed by atoms with Gasteiger partial charge in [-0.25, -0.2) is 9.59 Å². The van der Waals surface area contributed by atoms with Crippen LogP contribution in [0, 0.1) is 5.92 Å². The summed E-state index contributed by atoms with van der Waals surface area (Å²) in [6.45, 7) is 5.92. The van der Waals surface area contributed by atoms with Gasteiger partial charge in [-0.05, 0) is 32.6 Å². The number of carbonyl (C=O) groups is 2. The molecule has 104 valence electrons. The van der Waals surface area contributed by atoms with Crippen molar-refractivity contribution in [3.63, 3.8) is 0 Å². The molecule has 0 radical (unpaired) electrons. The number of amides is 2. The smallest absolute Gasteiger partial charge is 0.326 e. The van der Waals surface area contributed by atoms with Gasteiger partial charge in [-0.15, -0.1) is 0 Å². The highest BCUT2D eigenvalue weighted by Gasteiger charge is 2.31. The van der Waals surface area contributed by atoms with Crippen molar-refractivity contribution in [2.45, 2.75) is 64.5 Å². The van der Waals surface area contributed by atoms with Gasteiger partial charge in [0.2, 0.25) is 0 Å². The van der Waals surface area contributed by atoms with Gasteiger partial charge in [0.1, 0.15) is 6.04 Å². The van der Waals surface area contributed by atoms with E-state index in [0.29, 0.717) is 12.3 Å². The quantitative estimate of drug-likeness (QED) is 0.653. The molecular formula is C13H24N2O3. The highest BCUT2D eigenvalue weighted by Crippen LogP contribution is 2.33. The van der Waals surface area contributed by atoms with Gasteiger partial charge in [0, 0.05) is 5.54 Å². The fraction of sp³-hybridized carbons (Fsp3) is 0.846. The zero-order valence-corrected chi connectivity index (χ0v) is 11.5. The summed E-state index contributed by atoms with van der Waals surface area (Å²) in [4.78, 5) is 22.8. The van der Waals surface area contributed by atoms with Crippen LogP contribution in [0.15, 0.2) is 0 Å². The standard InChI is InChI=1S/C13H24N2O3/c1-4-7-13(2,3)15-12(18)14-10(11(16)17)8-9-5-6-9/h9-10H,4-8H2,1-3H3,(H,16,17)(H2,14,15,18). The average molecular weight is 256 g/mol. The van der Waals surface area contributed by atoms with E-state index in [-0.39, 0.29) is 11.6 Å². The molecular weight excluding hydrogens is 232 g/mol. The molecule has 5 heteroatoms. The number of nitrogens with one attached hydrogen (secondary N) is 2. The van der Waals surface area contributed by atoms with E-state index in [9.17, 15) is 9.59 Å². The largest absolute Gasteiger partial charge is 0.480 e. The van der Waals surface area contributed by atoms with Crippen LogP contribution in [0.2, 0.25) is 0 Å². The first kappa shape index (κ1) is 14.8. The lowest BCUT2D eigenvalue weighted by Crippen LogP contribution is -2.52. The maximum Gasteiger partial charge on any atom is 0.326 e. The Hall–Kier alpha value is -1.26. The summed E-state index contributed by atoms with van der Waals surface area (Å²) >= 11 is 0. The van der Waals surface area contributed by atoms with Gasteiger partial charge in [-0.3, -0.25) is 0 Å². The number of hydrogen-bond acceptors (Lipinski definition) is 2. The Morgan fingerprint density at radius 3 is 2.44 bits per heavy atom. The third kappa shape index (κ3) is 5.38. The van der Waals surface area contributed by atoms with Crippen LogP contribution >= 0.6 is 0 Å². The Kier molecular flexibility index (Phi) is 4.99. The second-order valence-corrected chi connectivity index (χ2v) is 5.80. The zero-order chi connectivity index (χ0) is 13.8. The van der Waals surface area contributed by atoms with E-state index < -0.39 is 12.0 Å². The molecule has 1 aliphatic carbocycles. The number of rotatable bonds is 7. The summed E-state index contributed by atoms with van der Waals surface area (Å²) in [7, 11) is 0. The van der Waals surface area contributed by atoms with Gasteiger partial charge < -0.3 is 15.7 Å². The Balaban J connectivity index is 2.42. The molecule has 1 unspecified atom stereocenters. The van der Waals surface area contributed by atoms with E-state index in [0.717, 1.165) is 25.7 Å². The molecule has 18 heavy (non-hydrogen) atoms. The van der Waals surface area contributed by atoms with Crippen LogP contribution in [0.25, 0.3) is 0 Å². The van der Waals surface area contributed by atoms with Crippen molar-refractivity contribution in [2.75, 3.05) is 0 Å². The van der Waals surface area contributed by atoms with Gasteiger partial charge in [-0.1, -0.05) is 26.2 Å². The number of carbonyl (C=O) groups excluding carboxylic acids is 1. The molecule has 1 fully saturated rings. The lowest BCUT2D eigenvalue weighted by Gasteiger charge is -2.27. The number of urea groups is 1. The Bertz CT molecular complexity index is 311. The average Bonchev–Trinajstić information content (AvgIpc) is 2.99. The number of carboxylic acids is 1. The second kappa shape index (κ2) is 6.07. The van der Waals surface area contributed by atoms with Crippen molar-refractivity contribution in [1.29, 1.82) is 0 Å². The summed E-state index contributed by atoms with van der Waals surface area (Å²) in [5.74, 6) is -0.486. The highest BCUT2D eigenvalue weighted by molar-refractivity contribution is 5.82. The van der Waals surface area contributed by atoms with Crippen LogP contribution in [-0.4, -0.2) is 28.7 Å². The van der Waals surface area contributed by atoms with Crippen molar-refractivity contribution >= 4 is 12.0 Å². The van der Waals surface area contributed by atoms with Crippen LogP contribution in [-0.2, 0) is 4.79 Å². The molecule has 1 rings (SSSR count). The van der Waals surface area contributed by atoms with Gasteiger partial charge in [-0.2, -0.15) is 0 Å². The topological polar surface area (TPSA) is 78.4 Å². The van der Waals surface area contributed by atoms with E-state index in [2.05, 4.69) is 17.6 Å². The molecule has 0 saturated heterocycles. The monoisotopic (exact) mass is 256 g/mol. The second-order valence-electron chi connectivity index (χ2n) is 5.80. The van der Waals surface area contributed by atoms with Crippen molar-refractivity contribution in [1.82, 2.24) is 10.6 Å². The fourth-order valence-corrected chi connectivity index (χ4v) is 2.10. The van der Waals surface area contributed by atoms with Gasteiger partial charge in [0.15, 0.2) is 0 Å². The van der Waals surface area contributed by atoms with Crippen molar-refractivity contribution in [2.24, 2.45) is 5.92 Å². The molecule has 1 atom stereocenters. The molecule has 0 heterocycles. The molecule has 0 aromatic carbocycles. The summed E-state index contributed by atoms with van der Waals surface area (Å²) < 4.78 is 0. The molecule has 2 amide bonds. The van der Waals surface area contributed by atoms with E-state index in [1.165, 1.54) is 0 Å².